The molecular formula is C13H24N4O2. The molecule has 0 aliphatic rings. The Balaban J connectivity index is 2.16. The van der Waals surface area contributed by atoms with Crippen LogP contribution in [0.4, 0.5) is 0 Å². The molecule has 0 spiro atoms. The summed E-state index contributed by atoms with van der Waals surface area (Å²) in [5, 5.41) is 9.44. The van der Waals surface area contributed by atoms with Crippen molar-refractivity contribution >= 4 is 5.91 Å². The summed E-state index contributed by atoms with van der Waals surface area (Å²) in [5.41, 5.74) is 0. The van der Waals surface area contributed by atoms with Crippen molar-refractivity contribution in [1.82, 2.24) is 20.5 Å². The molecule has 1 rings (SSSR count). The monoisotopic (exact) mass is 268 g/mol. The highest BCUT2D eigenvalue weighted by molar-refractivity contribution is 5.90. The number of rotatable bonds is 9. The summed E-state index contributed by atoms with van der Waals surface area (Å²) in [6, 6.07) is 0. The highest BCUT2D eigenvalue weighted by atomic mass is 16.5. The average Bonchev–Trinajstić information content (AvgIpc) is 2.82. The normalized spacial score (nSPS) is 10.9. The predicted molar refractivity (Wildman–Crippen MR) is 73.0 cm³/mol. The highest BCUT2D eigenvalue weighted by Crippen LogP contribution is 1.97. The number of nitrogens with one attached hydrogen (secondary N) is 2. The summed E-state index contributed by atoms with van der Waals surface area (Å²) < 4.78 is 5.43. The van der Waals surface area contributed by atoms with Crippen LogP contribution >= 0.6 is 0 Å². The van der Waals surface area contributed by atoms with E-state index in [-0.39, 0.29) is 11.7 Å². The fourth-order valence-electron chi connectivity index (χ4n) is 1.52. The number of amides is 1. The Morgan fingerprint density at radius 1 is 1.47 bits per heavy atom. The Morgan fingerprint density at radius 3 is 2.95 bits per heavy atom. The van der Waals surface area contributed by atoms with E-state index in [0.29, 0.717) is 19.1 Å². The molecule has 0 saturated carbocycles. The molecule has 0 fully saturated rings. The number of aromatic nitrogens is 3. The van der Waals surface area contributed by atoms with E-state index in [9.17, 15) is 4.79 Å². The van der Waals surface area contributed by atoms with Crippen LogP contribution in [0.2, 0.25) is 0 Å². The summed E-state index contributed by atoms with van der Waals surface area (Å²) in [7, 11) is 0. The highest BCUT2D eigenvalue weighted by Gasteiger charge is 2.11. The molecule has 1 aromatic heterocycles. The van der Waals surface area contributed by atoms with Gasteiger partial charge in [-0.1, -0.05) is 20.8 Å². The van der Waals surface area contributed by atoms with E-state index in [0.717, 1.165) is 31.7 Å². The molecule has 0 atom stereocenters. The molecule has 0 aliphatic carbocycles. The van der Waals surface area contributed by atoms with Gasteiger partial charge in [0.2, 0.25) is 5.82 Å². The van der Waals surface area contributed by atoms with Crippen LogP contribution in [0, 0.1) is 5.92 Å². The first-order valence-corrected chi connectivity index (χ1v) is 6.90. The van der Waals surface area contributed by atoms with Crippen LogP contribution in [0.15, 0.2) is 0 Å². The zero-order chi connectivity index (χ0) is 14.1. The summed E-state index contributed by atoms with van der Waals surface area (Å²) in [6.45, 7) is 8.27. The number of carbonyl (C=O) groups is 1. The van der Waals surface area contributed by atoms with Gasteiger partial charge in [0.05, 0.1) is 0 Å². The van der Waals surface area contributed by atoms with Crippen LogP contribution in [0.25, 0.3) is 0 Å². The largest absolute Gasteiger partial charge is 0.381 e. The third kappa shape index (κ3) is 6.33. The topological polar surface area (TPSA) is 79.9 Å². The minimum absolute atomic E-state index is 0.214. The molecule has 1 heterocycles. The molecule has 0 radical (unpaired) electrons. The number of carbonyl (C=O) groups excluding carboxylic acids is 1. The van der Waals surface area contributed by atoms with E-state index in [1.807, 2.05) is 0 Å². The lowest BCUT2D eigenvalue weighted by Crippen LogP contribution is -2.26. The first kappa shape index (κ1) is 15.6. The van der Waals surface area contributed by atoms with E-state index in [4.69, 9.17) is 4.74 Å². The van der Waals surface area contributed by atoms with Crippen LogP contribution in [0.5, 0.6) is 0 Å². The standard InChI is InChI=1S/C13H24N4O2/c1-4-6-11-15-12(17-16-11)13(18)14-7-5-8-19-9-10(2)3/h10H,4-9H2,1-3H3,(H,14,18)(H,15,16,17). The van der Waals surface area contributed by atoms with E-state index in [1.54, 1.807) is 0 Å². The smallest absolute Gasteiger partial charge is 0.290 e. The first-order valence-electron chi connectivity index (χ1n) is 6.90. The maximum atomic E-state index is 11.7. The second kappa shape index (κ2) is 8.63. The van der Waals surface area contributed by atoms with Gasteiger partial charge < -0.3 is 10.1 Å². The van der Waals surface area contributed by atoms with Crippen LogP contribution in [-0.2, 0) is 11.2 Å². The van der Waals surface area contributed by atoms with Gasteiger partial charge in [0.25, 0.3) is 5.91 Å². The Hall–Kier alpha value is -1.43. The Bertz CT molecular complexity index is 376. The van der Waals surface area contributed by atoms with Crippen molar-refractivity contribution in [1.29, 1.82) is 0 Å². The number of nitrogens with zero attached hydrogens (tertiary/aromatic N) is 2. The van der Waals surface area contributed by atoms with Crippen molar-refractivity contribution in [3.63, 3.8) is 0 Å². The molecule has 0 bridgehead atoms. The molecule has 1 aromatic rings. The SMILES string of the molecule is CCCc1nc(C(=O)NCCCOCC(C)C)n[nH]1. The maximum absolute atomic E-state index is 11.7. The number of H-pyrrole nitrogens is 1. The lowest BCUT2D eigenvalue weighted by atomic mass is 10.2. The minimum atomic E-state index is -0.234. The Labute approximate surface area is 114 Å². The molecule has 0 aliphatic heterocycles. The molecule has 6 heteroatoms. The van der Waals surface area contributed by atoms with E-state index >= 15 is 0 Å². The first-order chi connectivity index (χ1) is 9.13. The molecule has 2 N–H and O–H groups in total. The summed E-state index contributed by atoms with van der Waals surface area (Å²) in [6.07, 6.45) is 2.58. The molecule has 19 heavy (non-hydrogen) atoms. The van der Waals surface area contributed by atoms with Gasteiger partial charge in [-0.2, -0.15) is 0 Å². The Morgan fingerprint density at radius 2 is 2.26 bits per heavy atom. The fourth-order valence-corrected chi connectivity index (χ4v) is 1.52. The van der Waals surface area contributed by atoms with Gasteiger partial charge >= 0.3 is 0 Å². The average molecular weight is 268 g/mol. The number of hydrogen-bond acceptors (Lipinski definition) is 4. The van der Waals surface area contributed by atoms with Gasteiger partial charge in [-0.15, -0.1) is 5.10 Å². The lowest BCUT2D eigenvalue weighted by molar-refractivity contribution is 0.0916. The summed E-state index contributed by atoms with van der Waals surface area (Å²) in [4.78, 5) is 15.8. The quantitative estimate of drug-likeness (QED) is 0.666. The zero-order valence-electron chi connectivity index (χ0n) is 12.0. The minimum Gasteiger partial charge on any atom is -0.381 e. The number of ether oxygens (including phenoxy) is 1. The van der Waals surface area contributed by atoms with Crippen molar-refractivity contribution < 1.29 is 9.53 Å². The van der Waals surface area contributed by atoms with Crippen LogP contribution < -0.4 is 5.32 Å². The Kier molecular flexibility index (Phi) is 7.10. The van der Waals surface area contributed by atoms with Crippen molar-refractivity contribution in [3.8, 4) is 0 Å². The summed E-state index contributed by atoms with van der Waals surface area (Å²) in [5.74, 6) is 1.28. The lowest BCUT2D eigenvalue weighted by Gasteiger charge is -2.06. The third-order valence-corrected chi connectivity index (χ3v) is 2.42. The third-order valence-electron chi connectivity index (χ3n) is 2.42. The van der Waals surface area contributed by atoms with Crippen molar-refractivity contribution in [2.45, 2.75) is 40.0 Å². The van der Waals surface area contributed by atoms with E-state index in [2.05, 4.69) is 41.3 Å². The number of hydrogen-bond donors (Lipinski definition) is 2. The van der Waals surface area contributed by atoms with E-state index in [1.165, 1.54) is 0 Å². The number of aryl methyl sites for hydroxylation is 1. The van der Waals surface area contributed by atoms with Crippen molar-refractivity contribution in [3.05, 3.63) is 11.6 Å². The van der Waals surface area contributed by atoms with Crippen molar-refractivity contribution in [2.24, 2.45) is 5.92 Å². The molecule has 0 unspecified atom stereocenters. The zero-order valence-corrected chi connectivity index (χ0v) is 12.0. The predicted octanol–water partition coefficient (Wildman–Crippen LogP) is 1.55. The second-order valence-corrected chi connectivity index (χ2v) is 4.93. The molecule has 0 aromatic carbocycles. The number of aromatic amines is 1. The molecule has 1 amide bonds. The second-order valence-electron chi connectivity index (χ2n) is 4.93. The molecule has 108 valence electrons. The van der Waals surface area contributed by atoms with Gasteiger partial charge in [-0.25, -0.2) is 4.98 Å². The van der Waals surface area contributed by atoms with Gasteiger partial charge in [0.15, 0.2) is 0 Å². The van der Waals surface area contributed by atoms with E-state index < -0.39 is 0 Å². The molecular weight excluding hydrogens is 244 g/mol. The summed E-state index contributed by atoms with van der Waals surface area (Å²) >= 11 is 0. The van der Waals surface area contributed by atoms with Gasteiger partial charge in [-0.3, -0.25) is 9.89 Å². The van der Waals surface area contributed by atoms with Crippen LogP contribution in [0.3, 0.4) is 0 Å². The van der Waals surface area contributed by atoms with Crippen LogP contribution in [-0.4, -0.2) is 40.8 Å². The van der Waals surface area contributed by atoms with Crippen LogP contribution in [0.1, 0.15) is 50.1 Å². The van der Waals surface area contributed by atoms with Crippen molar-refractivity contribution in [2.75, 3.05) is 19.8 Å². The van der Waals surface area contributed by atoms with Gasteiger partial charge in [0.1, 0.15) is 5.82 Å². The van der Waals surface area contributed by atoms with Gasteiger partial charge in [-0.05, 0) is 18.8 Å². The molecule has 0 saturated heterocycles. The maximum Gasteiger partial charge on any atom is 0.290 e. The fraction of sp³-hybridized carbons (Fsp3) is 0.769. The van der Waals surface area contributed by atoms with Gasteiger partial charge in [0, 0.05) is 26.2 Å². The molecule has 6 nitrogen and oxygen atoms in total.